The van der Waals surface area contributed by atoms with Crippen LogP contribution in [-0.2, 0) is 4.57 Å². The van der Waals surface area contributed by atoms with Crippen LogP contribution in [0.1, 0.15) is 115 Å². The van der Waals surface area contributed by atoms with Gasteiger partial charge in [0, 0.05) is 18.6 Å². The summed E-state index contributed by atoms with van der Waals surface area (Å²) in [5.41, 5.74) is 1.36. The number of hydrogen-bond acceptors (Lipinski definition) is 4. The first-order chi connectivity index (χ1) is 16.1. The molecule has 7 nitrogen and oxygen atoms in total. The lowest BCUT2D eigenvalue weighted by Crippen LogP contribution is -2.44. The Morgan fingerprint density at radius 1 is 0.800 bits per heavy atom. The van der Waals surface area contributed by atoms with E-state index < -0.39 is 7.82 Å². The molecule has 0 aliphatic rings. The van der Waals surface area contributed by atoms with Crippen molar-refractivity contribution in [3.63, 3.8) is 0 Å². The average molecular weight is 519 g/mol. The van der Waals surface area contributed by atoms with E-state index in [9.17, 15) is 5.11 Å². The molecule has 35 heavy (non-hydrogen) atoms. The quantitative estimate of drug-likeness (QED) is 0.0968. The van der Waals surface area contributed by atoms with E-state index in [-0.39, 0.29) is 12.8 Å². The van der Waals surface area contributed by atoms with Crippen LogP contribution < -0.4 is 11.0 Å². The maximum Gasteiger partial charge on any atom is 0.262 e. The molecular weight excluding hydrogens is 463 g/mol. The lowest BCUT2D eigenvalue weighted by atomic mass is 10.00. The topological polar surface area (TPSA) is 136 Å². The minimum atomic E-state index is -4.89. The van der Waals surface area contributed by atoms with Gasteiger partial charge in [-0.2, -0.15) is 0 Å². The van der Waals surface area contributed by atoms with Gasteiger partial charge in [0.25, 0.3) is 7.82 Å². The highest BCUT2D eigenvalue weighted by Crippen LogP contribution is 2.29. The molecular formula is C27H55N2O5P. The predicted molar refractivity (Wildman–Crippen MR) is 145 cm³/mol. The summed E-state index contributed by atoms with van der Waals surface area (Å²) in [5.74, 6) is 0. The molecule has 1 aromatic rings. The molecule has 0 bridgehead atoms. The summed E-state index contributed by atoms with van der Waals surface area (Å²) < 4.78 is 9.75. The molecule has 1 unspecified atom stereocenters. The highest BCUT2D eigenvalue weighted by molar-refractivity contribution is 7.43. The van der Waals surface area contributed by atoms with Crippen molar-refractivity contribution in [3.05, 3.63) is 35.9 Å². The number of aliphatic hydroxyl groups is 1. The second-order valence-corrected chi connectivity index (χ2v) is 11.0. The van der Waals surface area contributed by atoms with Gasteiger partial charge in [-0.25, -0.2) is 0 Å². The zero-order chi connectivity index (χ0) is 25.7. The molecule has 0 aromatic heterocycles. The van der Waals surface area contributed by atoms with Crippen LogP contribution in [0.4, 0.5) is 0 Å². The lowest BCUT2D eigenvalue weighted by molar-refractivity contribution is -0.921. The summed E-state index contributed by atoms with van der Waals surface area (Å²) in [4.78, 5) is 22.9. The molecule has 0 saturated heterocycles. The second-order valence-electron chi connectivity index (χ2n) is 10.0. The van der Waals surface area contributed by atoms with E-state index in [1.54, 1.807) is 0 Å². The summed E-state index contributed by atoms with van der Waals surface area (Å²) in [7, 11) is -0.231. The van der Waals surface area contributed by atoms with Crippen molar-refractivity contribution >= 4 is 7.82 Å². The molecule has 0 radical (unpaired) electrons. The second kappa shape index (κ2) is 22.4. The number of unbranched alkanes of at least 4 members (excludes halogenated alkanes) is 13. The van der Waals surface area contributed by atoms with Gasteiger partial charge < -0.3 is 30.4 Å². The fourth-order valence-electron chi connectivity index (χ4n) is 4.59. The van der Waals surface area contributed by atoms with Gasteiger partial charge in [0.1, 0.15) is 6.04 Å². The van der Waals surface area contributed by atoms with Gasteiger partial charge in [-0.3, -0.25) is 4.57 Å². The van der Waals surface area contributed by atoms with Gasteiger partial charge in [-0.15, -0.1) is 0 Å². The summed E-state index contributed by atoms with van der Waals surface area (Å²) in [6, 6.07) is 11.1. The number of benzene rings is 1. The smallest absolute Gasteiger partial charge is 0.262 e. The van der Waals surface area contributed by atoms with Gasteiger partial charge in [-0.1, -0.05) is 114 Å². The molecule has 1 atom stereocenters. The fourth-order valence-corrected chi connectivity index (χ4v) is 4.59. The first-order valence-corrected chi connectivity index (χ1v) is 14.9. The molecule has 0 aliphatic carbocycles. The maximum atomic E-state index is 9.55. The molecule has 8 heteroatoms. The van der Waals surface area contributed by atoms with Crippen molar-refractivity contribution < 1.29 is 28.8 Å². The van der Waals surface area contributed by atoms with E-state index in [0.717, 1.165) is 10.9 Å². The lowest BCUT2D eigenvalue weighted by Gasteiger charge is -2.38. The molecule has 0 fully saturated rings. The third-order valence-electron chi connectivity index (χ3n) is 6.52. The van der Waals surface area contributed by atoms with Crippen LogP contribution in [0.3, 0.4) is 0 Å². The molecule has 0 amide bonds. The van der Waals surface area contributed by atoms with Crippen molar-refractivity contribution in [2.75, 3.05) is 27.2 Å². The van der Waals surface area contributed by atoms with Gasteiger partial charge in [0.05, 0.1) is 20.6 Å². The van der Waals surface area contributed by atoms with Crippen molar-refractivity contribution in [2.45, 2.75) is 109 Å². The van der Waals surface area contributed by atoms with Crippen LogP contribution in [0, 0.1) is 0 Å². The highest BCUT2D eigenvalue weighted by Gasteiger charge is 2.28. The van der Waals surface area contributed by atoms with E-state index in [1.807, 2.05) is 0 Å². The Morgan fingerprint density at radius 3 is 1.54 bits per heavy atom. The number of aliphatic hydroxyl groups excluding tert-OH is 1. The molecule has 0 heterocycles. The Kier molecular flexibility index (Phi) is 23.3. The maximum absolute atomic E-state index is 9.55. The van der Waals surface area contributed by atoms with Crippen LogP contribution in [0.25, 0.3) is 0 Å². The largest absolute Gasteiger partial charge is 0.756 e. The zero-order valence-electron chi connectivity index (χ0n) is 22.7. The number of rotatable bonds is 19. The predicted octanol–water partition coefficient (Wildman–Crippen LogP) is 6.27. The van der Waals surface area contributed by atoms with Crippen LogP contribution in [-0.4, -0.2) is 46.6 Å². The minimum absolute atomic E-state index is 0. The van der Waals surface area contributed by atoms with Crippen molar-refractivity contribution in [1.29, 1.82) is 0 Å². The van der Waals surface area contributed by atoms with E-state index in [0.29, 0.717) is 6.04 Å². The number of nitrogens with zero attached hydrogens (tertiary/aromatic N) is 1. The first kappa shape index (κ1) is 36.4. The summed E-state index contributed by atoms with van der Waals surface area (Å²) in [6.45, 7) is 3.75. The Bertz CT molecular complexity index is 617. The van der Waals surface area contributed by atoms with Crippen LogP contribution in [0.5, 0.6) is 0 Å². The monoisotopic (exact) mass is 518 g/mol. The third-order valence-corrected chi connectivity index (χ3v) is 6.52. The van der Waals surface area contributed by atoms with E-state index in [4.69, 9.17) is 19.2 Å². The normalized spacial score (nSPS) is 12.4. The SMILES string of the molecule is CCCCCCCCCCCCCCCC[N+](C)(C)C(CCO)c1ccccc1.N.O=P([O-])(O)O. The van der Waals surface area contributed by atoms with E-state index >= 15 is 0 Å². The molecule has 0 spiro atoms. The Labute approximate surface area is 215 Å². The summed E-state index contributed by atoms with van der Waals surface area (Å²) in [5, 5.41) is 9.55. The van der Waals surface area contributed by atoms with Crippen molar-refractivity contribution in [1.82, 2.24) is 6.15 Å². The number of hydrogen-bond donors (Lipinski definition) is 4. The number of phosphoric acid groups is 1. The van der Waals surface area contributed by atoms with Gasteiger partial charge >= 0.3 is 0 Å². The summed E-state index contributed by atoms with van der Waals surface area (Å²) >= 11 is 0. The van der Waals surface area contributed by atoms with Crippen LogP contribution in [0.2, 0.25) is 0 Å². The zero-order valence-corrected chi connectivity index (χ0v) is 23.6. The molecule has 0 saturated carbocycles. The fraction of sp³-hybridized carbons (Fsp3) is 0.778. The van der Waals surface area contributed by atoms with Crippen LogP contribution >= 0.6 is 7.82 Å². The van der Waals surface area contributed by atoms with Gasteiger partial charge in [0.15, 0.2) is 0 Å². The molecule has 1 aromatic carbocycles. The Hall–Kier alpha value is -0.790. The minimum Gasteiger partial charge on any atom is -0.756 e. The summed E-state index contributed by atoms with van der Waals surface area (Å²) in [6.07, 6.45) is 20.6. The Morgan fingerprint density at radius 2 is 1.17 bits per heavy atom. The molecule has 6 N–H and O–H groups in total. The Balaban J connectivity index is 0. The molecule has 1 rings (SSSR count). The average Bonchev–Trinajstić information content (AvgIpc) is 2.77. The van der Waals surface area contributed by atoms with Gasteiger partial charge in [-0.05, 0) is 12.8 Å². The van der Waals surface area contributed by atoms with Crippen molar-refractivity contribution in [3.8, 4) is 0 Å². The van der Waals surface area contributed by atoms with Crippen molar-refractivity contribution in [2.24, 2.45) is 0 Å². The molecule has 208 valence electrons. The van der Waals surface area contributed by atoms with E-state index in [1.165, 1.54) is 102 Å². The first-order valence-electron chi connectivity index (χ1n) is 13.4. The highest BCUT2D eigenvalue weighted by atomic mass is 31.2. The standard InChI is InChI=1S/C27H50NO.H3N.H3O4P/c1-4-5-6-7-8-9-10-11-12-13-14-15-16-20-24-28(2,3)27(23-25-29)26-21-18-17-19-22-26;;1-5(2,3)4/h17-19,21-22,27,29H,4-16,20,23-25H2,1-3H3;1H3;(H3,1,2,3,4)/q+1;;/p-1. The number of quaternary nitrogens is 1. The van der Waals surface area contributed by atoms with Crippen LogP contribution in [0.15, 0.2) is 30.3 Å². The third kappa shape index (κ3) is 23.4. The molecule has 0 aliphatic heterocycles. The van der Waals surface area contributed by atoms with E-state index in [2.05, 4.69) is 51.4 Å². The van der Waals surface area contributed by atoms with Gasteiger partial charge in [0.2, 0.25) is 0 Å².